The molecule has 0 bridgehead atoms. The third-order valence-electron chi connectivity index (χ3n) is 3.19. The van der Waals surface area contributed by atoms with Crippen molar-refractivity contribution >= 4 is 40.8 Å². The fourth-order valence-corrected chi connectivity index (χ4v) is 2.34. The zero-order valence-electron chi connectivity index (χ0n) is 12.8. The topological polar surface area (TPSA) is 86.8 Å². The Morgan fingerprint density at radius 1 is 1.16 bits per heavy atom. The summed E-state index contributed by atoms with van der Waals surface area (Å²) in [5, 5.41) is 2.81. The van der Waals surface area contributed by atoms with Crippen molar-refractivity contribution in [2.24, 2.45) is 0 Å². The highest BCUT2D eigenvalue weighted by Crippen LogP contribution is 2.32. The van der Waals surface area contributed by atoms with Crippen LogP contribution >= 0.6 is 23.2 Å². The molecule has 0 aliphatic carbocycles. The van der Waals surface area contributed by atoms with Crippen molar-refractivity contribution in [3.05, 3.63) is 46.2 Å². The number of hydrogen-bond donors (Lipinski definition) is 1. The lowest BCUT2D eigenvalue weighted by Gasteiger charge is -2.19. The number of ether oxygens (including phenoxy) is 3. The maximum Gasteiger partial charge on any atom is 0.340 e. The van der Waals surface area contributed by atoms with Gasteiger partial charge in [-0.3, -0.25) is 4.79 Å². The number of halogens is 2. The summed E-state index contributed by atoms with van der Waals surface area (Å²) in [5.74, 6) is -0.0767. The van der Waals surface area contributed by atoms with Crippen molar-refractivity contribution in [1.29, 1.82) is 0 Å². The summed E-state index contributed by atoms with van der Waals surface area (Å²) in [6.45, 7) is 0.464. The van der Waals surface area contributed by atoms with Crippen LogP contribution < -0.4 is 14.8 Å². The van der Waals surface area contributed by atoms with Crippen LogP contribution in [-0.4, -0.2) is 36.7 Å². The van der Waals surface area contributed by atoms with E-state index < -0.39 is 18.5 Å². The number of nitrogens with one attached hydrogen (secondary N) is 1. The minimum Gasteiger partial charge on any atom is -0.486 e. The number of anilines is 1. The first-order chi connectivity index (χ1) is 12.0. The number of nitrogens with zero attached hydrogens (tertiary/aromatic N) is 1. The molecular weight excluding hydrogens is 371 g/mol. The second-order valence-corrected chi connectivity index (χ2v) is 5.74. The minimum absolute atomic E-state index is 0.0783. The van der Waals surface area contributed by atoms with Gasteiger partial charge in [-0.05, 0) is 18.2 Å². The molecule has 1 N–H and O–H groups in total. The molecule has 9 heteroatoms. The second-order valence-electron chi connectivity index (χ2n) is 4.98. The lowest BCUT2D eigenvalue weighted by molar-refractivity contribution is -0.119. The molecule has 1 aromatic carbocycles. The molecule has 0 radical (unpaired) electrons. The maximum atomic E-state index is 11.9. The fraction of sp³-hybridized carbons (Fsp3) is 0.188. The van der Waals surface area contributed by atoms with Gasteiger partial charge in [-0.25, -0.2) is 9.78 Å². The van der Waals surface area contributed by atoms with E-state index in [0.29, 0.717) is 30.4 Å². The number of fused-ring (bicyclic) bond motifs is 1. The van der Waals surface area contributed by atoms with E-state index in [1.165, 1.54) is 12.3 Å². The van der Waals surface area contributed by atoms with E-state index in [1.807, 2.05) is 0 Å². The molecule has 0 saturated carbocycles. The first kappa shape index (κ1) is 17.3. The molecule has 0 fully saturated rings. The van der Waals surface area contributed by atoms with E-state index in [4.69, 9.17) is 37.4 Å². The summed E-state index contributed by atoms with van der Waals surface area (Å²) in [6, 6.07) is 6.31. The molecule has 1 aliphatic heterocycles. The van der Waals surface area contributed by atoms with Gasteiger partial charge in [0.2, 0.25) is 0 Å². The zero-order valence-corrected chi connectivity index (χ0v) is 14.3. The minimum atomic E-state index is -0.733. The molecule has 130 valence electrons. The normalized spacial score (nSPS) is 12.4. The van der Waals surface area contributed by atoms with Crippen LogP contribution in [0.2, 0.25) is 10.2 Å². The lowest BCUT2D eigenvalue weighted by Crippen LogP contribution is -2.21. The Kier molecular flexibility index (Phi) is 5.25. The number of esters is 1. The largest absolute Gasteiger partial charge is 0.486 e. The van der Waals surface area contributed by atoms with Gasteiger partial charge in [-0.15, -0.1) is 0 Å². The predicted molar refractivity (Wildman–Crippen MR) is 90.6 cm³/mol. The summed E-state index contributed by atoms with van der Waals surface area (Å²) in [6.07, 6.45) is 1.22. The number of benzene rings is 1. The van der Waals surface area contributed by atoms with Crippen molar-refractivity contribution in [3.63, 3.8) is 0 Å². The van der Waals surface area contributed by atoms with Gasteiger partial charge in [0.05, 0.1) is 10.6 Å². The van der Waals surface area contributed by atoms with Crippen LogP contribution in [0.15, 0.2) is 30.5 Å². The molecule has 0 unspecified atom stereocenters. The van der Waals surface area contributed by atoms with Crippen molar-refractivity contribution in [3.8, 4) is 11.5 Å². The van der Waals surface area contributed by atoms with Gasteiger partial charge in [-0.2, -0.15) is 0 Å². The highest BCUT2D eigenvalue weighted by Gasteiger charge is 2.15. The van der Waals surface area contributed by atoms with Gasteiger partial charge in [0.25, 0.3) is 5.91 Å². The number of rotatable bonds is 4. The van der Waals surface area contributed by atoms with Crippen molar-refractivity contribution in [2.45, 2.75) is 0 Å². The molecule has 2 heterocycles. The van der Waals surface area contributed by atoms with Crippen LogP contribution in [0.1, 0.15) is 10.4 Å². The SMILES string of the molecule is O=C(COC(=O)c1cnc(Cl)c(Cl)c1)Nc1ccc2c(c1)OCCO2. The number of aromatic nitrogens is 1. The number of carbonyl (C=O) groups excluding carboxylic acids is 2. The van der Waals surface area contributed by atoms with Gasteiger partial charge in [0, 0.05) is 18.0 Å². The smallest absolute Gasteiger partial charge is 0.340 e. The van der Waals surface area contributed by atoms with Crippen LogP contribution in [0.5, 0.6) is 11.5 Å². The molecule has 1 aliphatic rings. The molecule has 0 spiro atoms. The van der Waals surface area contributed by atoms with E-state index in [1.54, 1.807) is 18.2 Å². The Morgan fingerprint density at radius 3 is 2.68 bits per heavy atom. The van der Waals surface area contributed by atoms with Crippen molar-refractivity contribution < 1.29 is 23.8 Å². The van der Waals surface area contributed by atoms with E-state index >= 15 is 0 Å². The Hall–Kier alpha value is -2.51. The molecule has 2 aromatic rings. The highest BCUT2D eigenvalue weighted by atomic mass is 35.5. The number of amides is 1. The zero-order chi connectivity index (χ0) is 17.8. The third-order valence-corrected chi connectivity index (χ3v) is 3.88. The van der Waals surface area contributed by atoms with Gasteiger partial charge >= 0.3 is 5.97 Å². The summed E-state index contributed by atoms with van der Waals surface area (Å²) in [5.41, 5.74) is 0.600. The summed E-state index contributed by atoms with van der Waals surface area (Å²) in [7, 11) is 0. The molecule has 1 aromatic heterocycles. The van der Waals surface area contributed by atoms with E-state index in [2.05, 4.69) is 10.3 Å². The Balaban J connectivity index is 1.55. The van der Waals surface area contributed by atoms with E-state index in [-0.39, 0.29) is 15.7 Å². The van der Waals surface area contributed by atoms with Crippen LogP contribution in [-0.2, 0) is 9.53 Å². The molecule has 0 saturated heterocycles. The first-order valence-corrected chi connectivity index (χ1v) is 7.96. The number of hydrogen-bond acceptors (Lipinski definition) is 6. The number of carbonyl (C=O) groups is 2. The molecule has 3 rings (SSSR count). The molecular formula is C16H12Cl2N2O5. The van der Waals surface area contributed by atoms with Gasteiger partial charge < -0.3 is 19.5 Å². The summed E-state index contributed by atoms with van der Waals surface area (Å²) >= 11 is 11.5. The Bertz CT molecular complexity index is 828. The van der Waals surface area contributed by atoms with Crippen molar-refractivity contribution in [2.75, 3.05) is 25.1 Å². The average molecular weight is 383 g/mol. The fourth-order valence-electron chi connectivity index (χ4n) is 2.07. The van der Waals surface area contributed by atoms with Gasteiger partial charge in [0.15, 0.2) is 18.1 Å². The number of pyridine rings is 1. The maximum absolute atomic E-state index is 11.9. The van der Waals surface area contributed by atoms with E-state index in [0.717, 1.165) is 0 Å². The lowest BCUT2D eigenvalue weighted by atomic mass is 10.2. The van der Waals surface area contributed by atoms with Crippen LogP contribution in [0.4, 0.5) is 5.69 Å². The Labute approximate surface area is 152 Å². The van der Waals surface area contributed by atoms with Gasteiger partial charge in [0.1, 0.15) is 18.4 Å². The van der Waals surface area contributed by atoms with Gasteiger partial charge in [-0.1, -0.05) is 23.2 Å². The summed E-state index contributed by atoms with van der Waals surface area (Å²) < 4.78 is 15.7. The van der Waals surface area contributed by atoms with Crippen LogP contribution in [0.25, 0.3) is 0 Å². The molecule has 25 heavy (non-hydrogen) atoms. The average Bonchev–Trinajstić information content (AvgIpc) is 2.62. The predicted octanol–water partition coefficient (Wildman–Crippen LogP) is 2.96. The molecule has 7 nitrogen and oxygen atoms in total. The standard InChI is InChI=1S/C16H12Cl2N2O5/c17-11-5-9(7-19-15(11)18)16(22)25-8-14(21)20-10-1-2-12-13(6-10)24-4-3-23-12/h1-2,5-7H,3-4,8H2,(H,20,21). The Morgan fingerprint density at radius 2 is 1.92 bits per heavy atom. The van der Waals surface area contributed by atoms with E-state index in [9.17, 15) is 9.59 Å². The highest BCUT2D eigenvalue weighted by molar-refractivity contribution is 6.41. The quantitative estimate of drug-likeness (QED) is 0.645. The van der Waals surface area contributed by atoms with Crippen LogP contribution in [0.3, 0.4) is 0 Å². The second kappa shape index (κ2) is 7.58. The molecule has 0 atom stereocenters. The summed E-state index contributed by atoms with van der Waals surface area (Å²) in [4.78, 5) is 27.5. The molecule has 1 amide bonds. The first-order valence-electron chi connectivity index (χ1n) is 7.20. The van der Waals surface area contributed by atoms with Crippen molar-refractivity contribution in [1.82, 2.24) is 4.98 Å². The monoisotopic (exact) mass is 382 g/mol. The van der Waals surface area contributed by atoms with Crippen LogP contribution in [0, 0.1) is 0 Å². The third kappa shape index (κ3) is 4.32.